The van der Waals surface area contributed by atoms with Crippen molar-refractivity contribution in [1.82, 2.24) is 10.2 Å². The number of nitrogens with one attached hydrogen (secondary N) is 1. The smallest absolute Gasteiger partial charge is 0.249 e. The number of ether oxygens (including phenoxy) is 2. The van der Waals surface area contributed by atoms with E-state index in [0.717, 1.165) is 22.4 Å². The van der Waals surface area contributed by atoms with Crippen LogP contribution in [0.2, 0.25) is 0 Å². The molecule has 1 N–H and O–H groups in total. The maximum absolute atomic E-state index is 12.8. The number of nitrogens with zero attached hydrogens (tertiary/aromatic N) is 1. The van der Waals surface area contributed by atoms with Gasteiger partial charge in [-0.1, -0.05) is 72.8 Å². The predicted molar refractivity (Wildman–Crippen MR) is 121 cm³/mol. The molecular formula is C26H26N2O4. The monoisotopic (exact) mass is 430 g/mol. The fraction of sp³-hybridized carbons (Fsp3) is 0.231. The minimum absolute atomic E-state index is 0.00105. The fourth-order valence-corrected chi connectivity index (χ4v) is 3.55. The Morgan fingerprint density at radius 3 is 2.25 bits per heavy atom. The number of hydrogen-bond donors (Lipinski definition) is 1. The van der Waals surface area contributed by atoms with E-state index in [1.54, 1.807) is 4.90 Å². The molecule has 1 aliphatic rings. The molecular weight excluding hydrogens is 404 g/mol. The van der Waals surface area contributed by atoms with Crippen LogP contribution >= 0.6 is 0 Å². The first-order valence-electron chi connectivity index (χ1n) is 10.6. The van der Waals surface area contributed by atoms with Crippen molar-refractivity contribution >= 4 is 11.8 Å². The van der Waals surface area contributed by atoms with Gasteiger partial charge in [0.15, 0.2) is 0 Å². The van der Waals surface area contributed by atoms with E-state index in [0.29, 0.717) is 19.7 Å². The maximum Gasteiger partial charge on any atom is 0.249 e. The van der Waals surface area contributed by atoms with Gasteiger partial charge in [-0.2, -0.15) is 0 Å². The van der Waals surface area contributed by atoms with E-state index in [1.807, 2.05) is 84.9 Å². The van der Waals surface area contributed by atoms with Crippen molar-refractivity contribution in [2.24, 2.45) is 0 Å². The van der Waals surface area contributed by atoms with Gasteiger partial charge < -0.3 is 19.7 Å². The molecule has 2 amide bonds. The van der Waals surface area contributed by atoms with Crippen LogP contribution in [0.4, 0.5) is 0 Å². The van der Waals surface area contributed by atoms with Crippen LogP contribution in [-0.2, 0) is 34.0 Å². The van der Waals surface area contributed by atoms with Crippen molar-refractivity contribution in [2.75, 3.05) is 13.2 Å². The summed E-state index contributed by atoms with van der Waals surface area (Å²) in [5, 5.41) is 2.93. The molecule has 0 spiro atoms. The highest BCUT2D eigenvalue weighted by atomic mass is 16.5. The van der Waals surface area contributed by atoms with Crippen LogP contribution in [0.25, 0.3) is 0 Å². The Balaban J connectivity index is 1.31. The third kappa shape index (κ3) is 5.74. The van der Waals surface area contributed by atoms with Gasteiger partial charge in [-0.15, -0.1) is 0 Å². The molecule has 6 heteroatoms. The van der Waals surface area contributed by atoms with E-state index in [9.17, 15) is 9.59 Å². The summed E-state index contributed by atoms with van der Waals surface area (Å²) in [5.41, 5.74) is 3.03. The van der Waals surface area contributed by atoms with Crippen LogP contribution in [-0.4, -0.2) is 36.0 Å². The van der Waals surface area contributed by atoms with Crippen molar-refractivity contribution in [2.45, 2.75) is 25.7 Å². The molecule has 0 saturated carbocycles. The molecule has 0 bridgehead atoms. The third-order valence-electron chi connectivity index (χ3n) is 5.33. The zero-order valence-electron chi connectivity index (χ0n) is 17.8. The van der Waals surface area contributed by atoms with Gasteiger partial charge in [0.2, 0.25) is 11.8 Å². The topological polar surface area (TPSA) is 67.9 Å². The molecule has 1 aliphatic heterocycles. The molecule has 1 saturated heterocycles. The standard InChI is InChI=1S/C26H26N2O4/c29-25-19-31-18-24(28(25)16-21-7-3-1-4-8-21)26(30)27-15-20-11-13-23(14-12-20)32-17-22-9-5-2-6-10-22/h1-14,24H,15-19H2,(H,27,30). The molecule has 3 aromatic rings. The number of amides is 2. The predicted octanol–water partition coefficient (Wildman–Crippen LogP) is 3.31. The summed E-state index contributed by atoms with van der Waals surface area (Å²) in [6, 6.07) is 26.6. The van der Waals surface area contributed by atoms with E-state index in [4.69, 9.17) is 9.47 Å². The lowest BCUT2D eigenvalue weighted by Gasteiger charge is -2.34. The van der Waals surface area contributed by atoms with Crippen LogP contribution in [0.1, 0.15) is 16.7 Å². The SMILES string of the molecule is O=C(NCc1ccc(OCc2ccccc2)cc1)C1COCC(=O)N1Cc1ccccc1. The molecule has 1 fully saturated rings. The quantitative estimate of drug-likeness (QED) is 0.595. The first kappa shape index (κ1) is 21.6. The highest BCUT2D eigenvalue weighted by molar-refractivity contribution is 5.89. The second-order valence-corrected chi connectivity index (χ2v) is 7.67. The summed E-state index contributed by atoms with van der Waals surface area (Å²) in [5.74, 6) is 0.364. The van der Waals surface area contributed by atoms with Crippen molar-refractivity contribution in [3.05, 3.63) is 102 Å². The van der Waals surface area contributed by atoms with Gasteiger partial charge in [-0.05, 0) is 28.8 Å². The number of carbonyl (C=O) groups excluding carboxylic acids is 2. The van der Waals surface area contributed by atoms with Gasteiger partial charge in [0.25, 0.3) is 0 Å². The molecule has 1 atom stereocenters. The first-order chi connectivity index (χ1) is 15.7. The van der Waals surface area contributed by atoms with Crippen LogP contribution in [0.15, 0.2) is 84.9 Å². The normalized spacial score (nSPS) is 15.9. The highest BCUT2D eigenvalue weighted by Crippen LogP contribution is 2.16. The molecule has 0 aromatic heterocycles. The van der Waals surface area contributed by atoms with Crippen molar-refractivity contribution in [1.29, 1.82) is 0 Å². The van der Waals surface area contributed by atoms with Gasteiger partial charge in [-0.3, -0.25) is 9.59 Å². The second-order valence-electron chi connectivity index (χ2n) is 7.67. The minimum Gasteiger partial charge on any atom is -0.489 e. The fourth-order valence-electron chi connectivity index (χ4n) is 3.55. The zero-order chi connectivity index (χ0) is 22.2. The molecule has 1 unspecified atom stereocenters. The van der Waals surface area contributed by atoms with Crippen LogP contribution < -0.4 is 10.1 Å². The van der Waals surface area contributed by atoms with E-state index in [-0.39, 0.29) is 25.0 Å². The minimum atomic E-state index is -0.648. The largest absolute Gasteiger partial charge is 0.489 e. The summed E-state index contributed by atoms with van der Waals surface area (Å²) in [6.07, 6.45) is 0. The van der Waals surface area contributed by atoms with Gasteiger partial charge in [0.1, 0.15) is 25.0 Å². The molecule has 1 heterocycles. The van der Waals surface area contributed by atoms with E-state index in [1.165, 1.54) is 0 Å². The van der Waals surface area contributed by atoms with Crippen molar-refractivity contribution < 1.29 is 19.1 Å². The average molecular weight is 431 g/mol. The Hall–Kier alpha value is -3.64. The summed E-state index contributed by atoms with van der Waals surface area (Å²) in [4.78, 5) is 26.8. The summed E-state index contributed by atoms with van der Waals surface area (Å²) in [6.45, 7) is 1.44. The number of morpholine rings is 1. The van der Waals surface area contributed by atoms with Crippen molar-refractivity contribution in [3.8, 4) is 5.75 Å². The summed E-state index contributed by atoms with van der Waals surface area (Å²) in [7, 11) is 0. The van der Waals surface area contributed by atoms with Crippen LogP contribution in [0.3, 0.4) is 0 Å². The van der Waals surface area contributed by atoms with Gasteiger partial charge >= 0.3 is 0 Å². The van der Waals surface area contributed by atoms with Crippen LogP contribution in [0.5, 0.6) is 5.75 Å². The Kier molecular flexibility index (Phi) is 7.15. The number of hydrogen-bond acceptors (Lipinski definition) is 4. The van der Waals surface area contributed by atoms with Gasteiger partial charge in [0.05, 0.1) is 6.61 Å². The van der Waals surface area contributed by atoms with Crippen LogP contribution in [0, 0.1) is 0 Å². The van der Waals surface area contributed by atoms with Crippen molar-refractivity contribution in [3.63, 3.8) is 0 Å². The maximum atomic E-state index is 12.8. The van der Waals surface area contributed by atoms with E-state index in [2.05, 4.69) is 5.32 Å². The number of carbonyl (C=O) groups is 2. The third-order valence-corrected chi connectivity index (χ3v) is 5.33. The summed E-state index contributed by atoms with van der Waals surface area (Å²) >= 11 is 0. The lowest BCUT2D eigenvalue weighted by molar-refractivity contribution is -0.155. The molecule has 164 valence electrons. The molecule has 0 aliphatic carbocycles. The average Bonchev–Trinajstić information content (AvgIpc) is 2.84. The summed E-state index contributed by atoms with van der Waals surface area (Å²) < 4.78 is 11.1. The molecule has 6 nitrogen and oxygen atoms in total. The number of rotatable bonds is 8. The first-order valence-corrected chi connectivity index (χ1v) is 10.6. The highest BCUT2D eigenvalue weighted by Gasteiger charge is 2.33. The second kappa shape index (κ2) is 10.6. The molecule has 32 heavy (non-hydrogen) atoms. The van der Waals surface area contributed by atoms with Gasteiger partial charge in [-0.25, -0.2) is 0 Å². The lowest BCUT2D eigenvalue weighted by atomic mass is 10.1. The van der Waals surface area contributed by atoms with E-state index >= 15 is 0 Å². The Morgan fingerprint density at radius 2 is 1.56 bits per heavy atom. The molecule has 0 radical (unpaired) electrons. The lowest BCUT2D eigenvalue weighted by Crippen LogP contribution is -2.55. The Bertz CT molecular complexity index is 1020. The molecule has 3 aromatic carbocycles. The number of benzene rings is 3. The zero-order valence-corrected chi connectivity index (χ0v) is 17.8. The molecule has 4 rings (SSSR count). The Labute approximate surface area is 187 Å². The Morgan fingerprint density at radius 1 is 0.906 bits per heavy atom. The van der Waals surface area contributed by atoms with E-state index < -0.39 is 6.04 Å². The van der Waals surface area contributed by atoms with Gasteiger partial charge in [0, 0.05) is 13.1 Å².